The van der Waals surface area contributed by atoms with Gasteiger partial charge in [-0.3, -0.25) is 9.80 Å². The number of aromatic amines is 2. The highest BCUT2D eigenvalue weighted by atomic mass is 79.9. The van der Waals surface area contributed by atoms with Crippen LogP contribution in [0.5, 0.6) is 0 Å². The highest BCUT2D eigenvalue weighted by Gasteiger charge is 2.33. The quantitative estimate of drug-likeness (QED) is 0.362. The van der Waals surface area contributed by atoms with E-state index in [0.29, 0.717) is 12.1 Å². The van der Waals surface area contributed by atoms with E-state index in [1.54, 1.807) is 0 Å². The third kappa shape index (κ3) is 3.03. The maximum absolute atomic E-state index is 3.57. The van der Waals surface area contributed by atoms with Crippen LogP contribution in [0.4, 0.5) is 0 Å². The molecule has 144 valence electrons. The zero-order chi connectivity index (χ0) is 19.4. The van der Waals surface area contributed by atoms with Crippen molar-refractivity contribution in [1.82, 2.24) is 19.8 Å². The summed E-state index contributed by atoms with van der Waals surface area (Å²) in [5.74, 6) is 0. The zero-order valence-corrected chi connectivity index (χ0v) is 19.0. The van der Waals surface area contributed by atoms with Crippen LogP contribution in [0, 0.1) is 0 Å². The van der Waals surface area contributed by atoms with Gasteiger partial charge in [0.25, 0.3) is 0 Å². The lowest BCUT2D eigenvalue weighted by atomic mass is 9.96. The predicted octanol–water partition coefficient (Wildman–Crippen LogP) is 5.83. The van der Waals surface area contributed by atoms with Crippen molar-refractivity contribution in [3.05, 3.63) is 68.9 Å². The molecule has 0 bridgehead atoms. The van der Waals surface area contributed by atoms with E-state index in [1.165, 1.54) is 32.9 Å². The lowest BCUT2D eigenvalue weighted by molar-refractivity contribution is 0.0636. The van der Waals surface area contributed by atoms with Crippen LogP contribution in [0.25, 0.3) is 21.8 Å². The summed E-state index contributed by atoms with van der Waals surface area (Å²) < 4.78 is 2.21. The number of aromatic nitrogens is 2. The molecular formula is C22H22Br2N4. The van der Waals surface area contributed by atoms with Crippen molar-refractivity contribution in [3.63, 3.8) is 0 Å². The number of hydrogen-bond donors (Lipinski definition) is 2. The number of halogens is 2. The molecule has 0 saturated carbocycles. The molecule has 6 heteroatoms. The summed E-state index contributed by atoms with van der Waals surface area (Å²) in [6, 6.07) is 13.7. The summed E-state index contributed by atoms with van der Waals surface area (Å²) in [7, 11) is 4.49. The maximum atomic E-state index is 3.57. The summed E-state index contributed by atoms with van der Waals surface area (Å²) in [6.45, 7) is 1.99. The van der Waals surface area contributed by atoms with Gasteiger partial charge in [0.1, 0.15) is 0 Å². The Balaban J connectivity index is 1.47. The van der Waals surface area contributed by atoms with E-state index >= 15 is 0 Å². The predicted molar refractivity (Wildman–Crippen MR) is 123 cm³/mol. The monoisotopic (exact) mass is 500 g/mol. The van der Waals surface area contributed by atoms with Crippen molar-refractivity contribution < 1.29 is 0 Å². The zero-order valence-electron chi connectivity index (χ0n) is 15.8. The molecule has 3 heterocycles. The summed E-state index contributed by atoms with van der Waals surface area (Å²) in [5, 5.41) is 2.62. The first kappa shape index (κ1) is 18.4. The van der Waals surface area contributed by atoms with E-state index in [1.807, 2.05) is 0 Å². The fourth-order valence-electron chi connectivity index (χ4n) is 4.54. The van der Waals surface area contributed by atoms with Gasteiger partial charge in [0.05, 0.1) is 0 Å². The highest BCUT2D eigenvalue weighted by molar-refractivity contribution is 9.10. The molecule has 1 saturated heterocycles. The molecular weight excluding hydrogens is 480 g/mol. The Morgan fingerprint density at radius 2 is 1.18 bits per heavy atom. The van der Waals surface area contributed by atoms with Gasteiger partial charge in [-0.2, -0.15) is 0 Å². The molecule has 1 aliphatic rings. The summed E-state index contributed by atoms with van der Waals surface area (Å²) >= 11 is 7.14. The molecule has 1 unspecified atom stereocenters. The Morgan fingerprint density at radius 1 is 0.750 bits per heavy atom. The van der Waals surface area contributed by atoms with E-state index in [2.05, 4.69) is 115 Å². The molecule has 0 radical (unpaired) electrons. The summed E-state index contributed by atoms with van der Waals surface area (Å²) in [4.78, 5) is 11.9. The van der Waals surface area contributed by atoms with Gasteiger partial charge in [-0.1, -0.05) is 44.0 Å². The number of rotatable bonds is 2. The molecule has 1 fully saturated rings. The van der Waals surface area contributed by atoms with E-state index < -0.39 is 0 Å². The maximum Gasteiger partial charge on any atom is 0.0494 e. The second kappa shape index (κ2) is 7.02. The SMILES string of the molecule is CN1C[C@@H](c2c[nH]c3cc(Br)ccc23)N(C)CC1c1c[nH]c2cc(Br)ccc12. The fraction of sp³-hybridized carbons (Fsp3) is 0.273. The first-order chi connectivity index (χ1) is 13.5. The minimum atomic E-state index is 0.371. The average Bonchev–Trinajstić information content (AvgIpc) is 3.26. The van der Waals surface area contributed by atoms with Crippen molar-refractivity contribution in [2.75, 3.05) is 27.2 Å². The molecule has 4 aromatic rings. The van der Waals surface area contributed by atoms with Gasteiger partial charge >= 0.3 is 0 Å². The number of H-pyrrole nitrogens is 2. The van der Waals surface area contributed by atoms with Crippen molar-refractivity contribution in [3.8, 4) is 0 Å². The lowest BCUT2D eigenvalue weighted by Gasteiger charge is -2.43. The normalized spacial score (nSPS) is 21.7. The average molecular weight is 502 g/mol. The van der Waals surface area contributed by atoms with Crippen LogP contribution < -0.4 is 0 Å². The van der Waals surface area contributed by atoms with Gasteiger partial charge in [-0.15, -0.1) is 0 Å². The van der Waals surface area contributed by atoms with Gasteiger partial charge in [0.15, 0.2) is 0 Å². The van der Waals surface area contributed by atoms with Gasteiger partial charge in [0, 0.05) is 68.3 Å². The Bertz CT molecular complexity index is 1070. The number of benzene rings is 2. The van der Waals surface area contributed by atoms with Crippen LogP contribution in [0.1, 0.15) is 23.2 Å². The molecule has 2 atom stereocenters. The number of likely N-dealkylation sites (N-methyl/N-ethyl adjacent to an activating group) is 2. The van der Waals surface area contributed by atoms with Crippen molar-refractivity contribution in [1.29, 1.82) is 0 Å². The van der Waals surface area contributed by atoms with Crippen molar-refractivity contribution >= 4 is 53.7 Å². The Hall–Kier alpha value is -1.60. The van der Waals surface area contributed by atoms with Crippen LogP contribution in [-0.4, -0.2) is 47.0 Å². The van der Waals surface area contributed by atoms with E-state index in [-0.39, 0.29) is 0 Å². The van der Waals surface area contributed by atoms with E-state index in [9.17, 15) is 0 Å². The molecule has 2 N–H and O–H groups in total. The molecule has 0 amide bonds. The summed E-state index contributed by atoms with van der Waals surface area (Å²) in [5.41, 5.74) is 5.12. The van der Waals surface area contributed by atoms with Crippen LogP contribution in [0.3, 0.4) is 0 Å². The first-order valence-electron chi connectivity index (χ1n) is 9.45. The van der Waals surface area contributed by atoms with Crippen molar-refractivity contribution in [2.45, 2.75) is 12.1 Å². The Labute approximate surface area is 181 Å². The highest BCUT2D eigenvalue weighted by Crippen LogP contribution is 2.38. The van der Waals surface area contributed by atoms with Crippen LogP contribution in [0.2, 0.25) is 0 Å². The number of nitrogens with zero attached hydrogens (tertiary/aromatic N) is 2. The Kier molecular flexibility index (Phi) is 4.62. The third-order valence-corrected chi connectivity index (χ3v) is 7.04. The Morgan fingerprint density at radius 3 is 1.61 bits per heavy atom. The third-order valence-electron chi connectivity index (χ3n) is 6.06. The second-order valence-corrected chi connectivity index (χ2v) is 9.61. The molecule has 4 nitrogen and oxygen atoms in total. The molecule has 0 spiro atoms. The van der Waals surface area contributed by atoms with Gasteiger partial charge in [-0.25, -0.2) is 0 Å². The molecule has 1 aliphatic heterocycles. The first-order valence-corrected chi connectivity index (χ1v) is 11.0. The van der Waals surface area contributed by atoms with Gasteiger partial charge in [0.2, 0.25) is 0 Å². The van der Waals surface area contributed by atoms with E-state index in [4.69, 9.17) is 0 Å². The second-order valence-electron chi connectivity index (χ2n) is 7.78. The smallest absolute Gasteiger partial charge is 0.0494 e. The van der Waals surface area contributed by atoms with Crippen LogP contribution in [0.15, 0.2) is 57.7 Å². The molecule has 0 aliphatic carbocycles. The lowest BCUT2D eigenvalue weighted by Crippen LogP contribution is -2.46. The van der Waals surface area contributed by atoms with Crippen molar-refractivity contribution in [2.24, 2.45) is 0 Å². The largest absolute Gasteiger partial charge is 0.361 e. The molecule has 5 rings (SSSR count). The standard InChI is InChI=1S/C22H22Br2N4/c1-27-11-22(18-10-26-20-8-14(24)4-6-16(18)20)28(2)12-21(27)17-9-25-19-7-13(23)3-5-15(17)19/h3-10,21-22,25-26H,11-12H2,1-2H3/t21-,22?/m0/s1. The van der Waals surface area contributed by atoms with Gasteiger partial charge in [-0.05, 0) is 49.5 Å². The minimum absolute atomic E-state index is 0.371. The number of hydrogen-bond acceptors (Lipinski definition) is 2. The van der Waals surface area contributed by atoms with E-state index in [0.717, 1.165) is 22.0 Å². The number of nitrogens with one attached hydrogen (secondary N) is 2. The molecule has 2 aromatic heterocycles. The molecule has 28 heavy (non-hydrogen) atoms. The fourth-order valence-corrected chi connectivity index (χ4v) is 5.27. The number of piperazine rings is 1. The number of fused-ring (bicyclic) bond motifs is 2. The van der Waals surface area contributed by atoms with Crippen LogP contribution in [-0.2, 0) is 0 Å². The van der Waals surface area contributed by atoms with Gasteiger partial charge < -0.3 is 9.97 Å². The topological polar surface area (TPSA) is 38.1 Å². The minimum Gasteiger partial charge on any atom is -0.361 e. The summed E-state index contributed by atoms with van der Waals surface area (Å²) in [6.07, 6.45) is 4.35. The van der Waals surface area contributed by atoms with Crippen LogP contribution >= 0.6 is 31.9 Å². The molecule has 2 aromatic carbocycles.